The van der Waals surface area contributed by atoms with Crippen molar-refractivity contribution in [1.29, 1.82) is 0 Å². The van der Waals surface area contributed by atoms with Crippen LogP contribution in [0, 0.1) is 17.7 Å². The third kappa shape index (κ3) is 5.06. The summed E-state index contributed by atoms with van der Waals surface area (Å²) in [7, 11) is 1.62. The number of alkyl halides is 2. The van der Waals surface area contributed by atoms with Crippen LogP contribution in [0.5, 0.6) is 11.5 Å². The number of benzene rings is 2. The van der Waals surface area contributed by atoms with Crippen molar-refractivity contribution in [1.82, 2.24) is 10.2 Å². The quantitative estimate of drug-likeness (QED) is 0.607. The minimum Gasteiger partial charge on any atom is -1.00 e. The number of carbonyl (C=O) groups excluding carboxylic acids is 1. The average molecular weight is 578 g/mol. The number of hydrogen-bond acceptors (Lipinski definition) is 4. The molecule has 3 fully saturated rings. The molecule has 1 unspecified atom stereocenters. The van der Waals surface area contributed by atoms with Gasteiger partial charge in [-0.15, -0.1) is 0 Å². The van der Waals surface area contributed by atoms with E-state index in [9.17, 15) is 18.0 Å². The first-order chi connectivity index (χ1) is 18.8. The van der Waals surface area contributed by atoms with Crippen molar-refractivity contribution in [2.45, 2.75) is 68.2 Å². The van der Waals surface area contributed by atoms with Gasteiger partial charge in [-0.3, -0.25) is 4.79 Å². The van der Waals surface area contributed by atoms with Crippen molar-refractivity contribution in [2.75, 3.05) is 33.4 Å². The van der Waals surface area contributed by atoms with E-state index in [0.29, 0.717) is 75.4 Å². The number of methoxy groups -OCH3 is 1. The van der Waals surface area contributed by atoms with Gasteiger partial charge in [0.15, 0.2) is 11.5 Å². The second-order valence-electron chi connectivity index (χ2n) is 11.8. The highest BCUT2D eigenvalue weighted by Crippen LogP contribution is 2.51. The van der Waals surface area contributed by atoms with Crippen molar-refractivity contribution >= 4 is 5.91 Å². The Bertz CT molecular complexity index is 1220. The predicted octanol–water partition coefficient (Wildman–Crippen LogP) is 2.68. The first-order valence-electron chi connectivity index (χ1n) is 14.3. The monoisotopic (exact) mass is 577 g/mol. The first-order valence-corrected chi connectivity index (χ1v) is 14.3. The molecule has 2 saturated heterocycles. The van der Waals surface area contributed by atoms with E-state index in [-0.39, 0.29) is 60.8 Å². The summed E-state index contributed by atoms with van der Waals surface area (Å²) in [5.74, 6) is -1.79. The van der Waals surface area contributed by atoms with Crippen LogP contribution in [0.25, 0.3) is 0 Å². The molecule has 4 atom stereocenters. The van der Waals surface area contributed by atoms with Gasteiger partial charge in [-0.2, -0.15) is 0 Å². The topological polar surface area (TPSA) is 50.8 Å². The van der Waals surface area contributed by atoms with Crippen LogP contribution in [-0.4, -0.2) is 56.1 Å². The van der Waals surface area contributed by atoms with Crippen molar-refractivity contribution in [3.63, 3.8) is 0 Å². The standard InChI is InChI=1S/C31H37F3N2O3.ClH/c1-38-27-8-4-6-23-28(27)39-16-14-30(23)19-35-18-24(30)29(37)36-15-11-21(22-5-2-3-7-25(22)32)17-26(36)20-9-12-31(33,34)13-10-20;/h2-8,20-21,24,26,35H,9-19H2,1H3;1H/p-1/t21?,24-,26-,30-;/m0./s1. The molecular weight excluding hydrogens is 541 g/mol. The highest BCUT2D eigenvalue weighted by molar-refractivity contribution is 5.82. The number of piperidine rings is 1. The van der Waals surface area contributed by atoms with Gasteiger partial charge in [0.1, 0.15) is 5.82 Å². The second kappa shape index (κ2) is 11.4. The molecule has 1 spiro atoms. The number of fused-ring (bicyclic) bond motifs is 2. The number of rotatable bonds is 4. The second-order valence-corrected chi connectivity index (χ2v) is 11.8. The first kappa shape index (κ1) is 29.1. The molecule has 1 amide bonds. The van der Waals surface area contributed by atoms with Crippen LogP contribution >= 0.6 is 0 Å². The van der Waals surface area contributed by atoms with E-state index in [0.717, 1.165) is 5.56 Å². The van der Waals surface area contributed by atoms with Gasteiger partial charge in [0.25, 0.3) is 0 Å². The van der Waals surface area contributed by atoms with Crippen molar-refractivity contribution in [3.8, 4) is 11.5 Å². The summed E-state index contributed by atoms with van der Waals surface area (Å²) in [5.41, 5.74) is 1.23. The number of amides is 1. The van der Waals surface area contributed by atoms with E-state index in [1.807, 2.05) is 35.2 Å². The highest BCUT2D eigenvalue weighted by Gasteiger charge is 2.54. The van der Waals surface area contributed by atoms with Gasteiger partial charge in [-0.25, -0.2) is 13.2 Å². The van der Waals surface area contributed by atoms with Gasteiger partial charge in [-0.05, 0) is 61.6 Å². The summed E-state index contributed by atoms with van der Waals surface area (Å²) < 4.78 is 54.6. The zero-order valence-electron chi connectivity index (χ0n) is 22.8. The molecule has 6 rings (SSSR count). The van der Waals surface area contributed by atoms with Gasteiger partial charge in [0.2, 0.25) is 11.8 Å². The highest BCUT2D eigenvalue weighted by atomic mass is 35.5. The molecule has 1 aliphatic carbocycles. The van der Waals surface area contributed by atoms with Crippen molar-refractivity contribution < 1.29 is 39.8 Å². The number of nitrogens with one attached hydrogen (secondary N) is 1. The fourth-order valence-corrected chi connectivity index (χ4v) is 7.77. The van der Waals surface area contributed by atoms with Crippen LogP contribution in [0.4, 0.5) is 13.2 Å². The molecule has 4 aliphatic rings. The van der Waals surface area contributed by atoms with Gasteiger partial charge in [0, 0.05) is 49.5 Å². The average Bonchev–Trinajstić information content (AvgIpc) is 3.36. The van der Waals surface area contributed by atoms with Crippen LogP contribution in [0.1, 0.15) is 62.0 Å². The zero-order chi connectivity index (χ0) is 27.2. The molecule has 2 aromatic carbocycles. The lowest BCUT2D eigenvalue weighted by atomic mass is 9.67. The molecule has 5 nitrogen and oxygen atoms in total. The molecule has 2 aromatic rings. The Kier molecular flexibility index (Phi) is 8.31. The molecule has 3 heterocycles. The minimum absolute atomic E-state index is 0. The zero-order valence-corrected chi connectivity index (χ0v) is 23.6. The maximum atomic E-state index is 14.8. The number of halogens is 4. The molecule has 1 N–H and O–H groups in total. The Morgan fingerprint density at radius 2 is 1.85 bits per heavy atom. The third-order valence-corrected chi connectivity index (χ3v) is 9.86. The number of para-hydroxylation sites is 1. The summed E-state index contributed by atoms with van der Waals surface area (Å²) in [4.78, 5) is 16.5. The maximum Gasteiger partial charge on any atom is 0.248 e. The Labute approximate surface area is 240 Å². The Balaban J connectivity index is 0.00000323. The number of likely N-dealkylation sites (tertiary alicyclic amines) is 1. The fourth-order valence-electron chi connectivity index (χ4n) is 7.77. The summed E-state index contributed by atoms with van der Waals surface area (Å²) in [5, 5.41) is 3.49. The van der Waals surface area contributed by atoms with Gasteiger partial charge < -0.3 is 32.1 Å². The molecule has 40 heavy (non-hydrogen) atoms. The van der Waals surface area contributed by atoms with Crippen molar-refractivity contribution in [3.05, 3.63) is 59.4 Å². The lowest BCUT2D eigenvalue weighted by Gasteiger charge is -2.48. The summed E-state index contributed by atoms with van der Waals surface area (Å²) in [6.07, 6.45) is 2.43. The molecular formula is C31H37ClF3N2O3-. The molecule has 1 saturated carbocycles. The van der Waals surface area contributed by atoms with E-state index >= 15 is 0 Å². The Morgan fingerprint density at radius 3 is 2.60 bits per heavy atom. The normalized spacial score (nSPS) is 29.8. The van der Waals surface area contributed by atoms with Crippen LogP contribution < -0.4 is 27.2 Å². The molecule has 0 bridgehead atoms. The van der Waals surface area contributed by atoms with E-state index < -0.39 is 11.3 Å². The molecule has 3 aliphatic heterocycles. The van der Waals surface area contributed by atoms with Gasteiger partial charge in [0.05, 0.1) is 19.6 Å². The van der Waals surface area contributed by atoms with E-state index in [1.165, 1.54) is 6.07 Å². The van der Waals surface area contributed by atoms with Crippen molar-refractivity contribution in [2.24, 2.45) is 11.8 Å². The fraction of sp³-hybridized carbons (Fsp3) is 0.581. The maximum absolute atomic E-state index is 14.8. The largest absolute Gasteiger partial charge is 1.00 e. The van der Waals surface area contributed by atoms with E-state index in [1.54, 1.807) is 13.2 Å². The number of nitrogens with zero attached hydrogens (tertiary/aromatic N) is 1. The lowest BCUT2D eigenvalue weighted by Crippen LogP contribution is -3.00. The Morgan fingerprint density at radius 1 is 1.07 bits per heavy atom. The van der Waals surface area contributed by atoms with E-state index in [4.69, 9.17) is 9.47 Å². The summed E-state index contributed by atoms with van der Waals surface area (Å²) in [6, 6.07) is 12.5. The van der Waals surface area contributed by atoms with Crippen LogP contribution in [0.15, 0.2) is 42.5 Å². The molecule has 9 heteroatoms. The molecule has 0 radical (unpaired) electrons. The SMILES string of the molecule is COc1cccc2c1OCC[C@]21CNC[C@H]1C(=O)N1CCC(c2ccccc2F)C[C@H]1C1CCC(F)(F)CC1.[Cl-]. The van der Waals surface area contributed by atoms with Gasteiger partial charge in [-0.1, -0.05) is 30.3 Å². The van der Waals surface area contributed by atoms with Gasteiger partial charge >= 0.3 is 0 Å². The van der Waals surface area contributed by atoms with Crippen LogP contribution in [0.3, 0.4) is 0 Å². The van der Waals surface area contributed by atoms with Crippen LogP contribution in [-0.2, 0) is 10.2 Å². The summed E-state index contributed by atoms with van der Waals surface area (Å²) >= 11 is 0. The number of ether oxygens (including phenoxy) is 2. The third-order valence-electron chi connectivity index (χ3n) is 9.86. The van der Waals surface area contributed by atoms with Crippen LogP contribution in [0.2, 0.25) is 0 Å². The summed E-state index contributed by atoms with van der Waals surface area (Å²) in [6.45, 7) is 2.22. The Hall–Kier alpha value is -2.45. The molecule has 0 aromatic heterocycles. The number of hydrogen-bond donors (Lipinski definition) is 1. The number of carbonyl (C=O) groups is 1. The van der Waals surface area contributed by atoms with E-state index in [2.05, 4.69) is 5.32 Å². The molecule has 218 valence electrons. The minimum atomic E-state index is -2.64. The smallest absolute Gasteiger partial charge is 0.248 e. The predicted molar refractivity (Wildman–Crippen MR) is 142 cm³/mol. The lowest BCUT2D eigenvalue weighted by molar-refractivity contribution is -0.144.